The molecule has 0 aliphatic heterocycles. The number of carbonyl (C=O) groups excluding carboxylic acids is 1. The molecule has 0 aliphatic rings. The van der Waals surface area contributed by atoms with Crippen LogP contribution in [0.5, 0.6) is 5.75 Å². The van der Waals surface area contributed by atoms with Crippen molar-refractivity contribution in [2.75, 3.05) is 11.8 Å². The minimum absolute atomic E-state index is 0.0315. The number of sulfonamides is 1. The average Bonchev–Trinajstić information content (AvgIpc) is 2.78. The van der Waals surface area contributed by atoms with Gasteiger partial charge in [-0.15, -0.1) is 0 Å². The van der Waals surface area contributed by atoms with Crippen LogP contribution in [0.1, 0.15) is 46.4 Å². The molecule has 0 bridgehead atoms. The molecule has 2 N–H and O–H groups in total. The maximum absolute atomic E-state index is 13.0. The summed E-state index contributed by atoms with van der Waals surface area (Å²) in [6.45, 7) is 5.82. The molecule has 0 saturated carbocycles. The third-order valence-corrected chi connectivity index (χ3v) is 7.18. The van der Waals surface area contributed by atoms with Crippen molar-refractivity contribution in [1.29, 1.82) is 0 Å². The molecule has 0 aliphatic carbocycles. The number of hydrogen-bond donors (Lipinski definition) is 2. The van der Waals surface area contributed by atoms with E-state index in [9.17, 15) is 13.2 Å². The van der Waals surface area contributed by atoms with E-state index in [1.807, 2.05) is 39.0 Å². The highest BCUT2D eigenvalue weighted by Gasteiger charge is 2.22. The highest BCUT2D eigenvalue weighted by atomic mass is 35.5. The molecule has 3 aromatic rings. The first-order valence-electron chi connectivity index (χ1n) is 10.5. The fourth-order valence-electron chi connectivity index (χ4n) is 3.46. The Morgan fingerprint density at radius 1 is 1.03 bits per heavy atom. The van der Waals surface area contributed by atoms with Crippen molar-refractivity contribution in [1.82, 2.24) is 5.32 Å². The van der Waals surface area contributed by atoms with Crippen molar-refractivity contribution in [3.63, 3.8) is 0 Å². The number of hydrogen-bond acceptors (Lipinski definition) is 4. The number of nitrogens with one attached hydrogen (secondary N) is 2. The molecule has 174 valence electrons. The Labute approximate surface area is 200 Å². The highest BCUT2D eigenvalue weighted by Crippen LogP contribution is 2.27. The standard InChI is InChI=1S/C25H27ClN2O4S/c1-5-22(18-9-13-23(32-4)17(3)14-18)27-25(29)19-8-12-21(26)24(15-19)33(30,31)28-20-10-6-16(2)7-11-20/h6-15,22,28H,5H2,1-4H3,(H,27,29)/t22-/m1/s1. The largest absolute Gasteiger partial charge is 0.496 e. The second-order valence-electron chi connectivity index (χ2n) is 7.78. The highest BCUT2D eigenvalue weighted by molar-refractivity contribution is 7.92. The topological polar surface area (TPSA) is 84.5 Å². The van der Waals surface area contributed by atoms with Gasteiger partial charge in [0.05, 0.1) is 18.2 Å². The van der Waals surface area contributed by atoms with Gasteiger partial charge in [-0.25, -0.2) is 8.42 Å². The minimum Gasteiger partial charge on any atom is -0.496 e. The van der Waals surface area contributed by atoms with Gasteiger partial charge in [-0.05, 0) is 67.8 Å². The zero-order chi connectivity index (χ0) is 24.2. The van der Waals surface area contributed by atoms with Crippen molar-refractivity contribution in [3.05, 3.63) is 87.9 Å². The molecule has 8 heteroatoms. The fourth-order valence-corrected chi connectivity index (χ4v) is 5.05. The first-order valence-corrected chi connectivity index (χ1v) is 12.3. The Hall–Kier alpha value is -3.03. The lowest BCUT2D eigenvalue weighted by atomic mass is 10.0. The van der Waals surface area contributed by atoms with Crippen LogP contribution in [0.2, 0.25) is 5.02 Å². The van der Waals surface area contributed by atoms with E-state index in [4.69, 9.17) is 16.3 Å². The molecule has 0 heterocycles. The van der Waals surface area contributed by atoms with Gasteiger partial charge in [0, 0.05) is 11.3 Å². The second-order valence-corrected chi connectivity index (χ2v) is 9.84. The summed E-state index contributed by atoms with van der Waals surface area (Å²) in [5.74, 6) is 0.382. The summed E-state index contributed by atoms with van der Waals surface area (Å²) < 4.78 is 33.7. The molecule has 3 aromatic carbocycles. The molecule has 0 aromatic heterocycles. The molecule has 0 fully saturated rings. The Morgan fingerprint density at radius 2 is 1.73 bits per heavy atom. The van der Waals surface area contributed by atoms with Crippen LogP contribution in [0.3, 0.4) is 0 Å². The van der Waals surface area contributed by atoms with Gasteiger partial charge in [-0.2, -0.15) is 0 Å². The van der Waals surface area contributed by atoms with Crippen molar-refractivity contribution in [2.45, 2.75) is 38.1 Å². The zero-order valence-corrected chi connectivity index (χ0v) is 20.5. The summed E-state index contributed by atoms with van der Waals surface area (Å²) in [6, 6.07) is 16.6. The molecule has 33 heavy (non-hydrogen) atoms. The van der Waals surface area contributed by atoms with Crippen LogP contribution < -0.4 is 14.8 Å². The normalized spacial score (nSPS) is 12.2. The Balaban J connectivity index is 1.84. The smallest absolute Gasteiger partial charge is 0.263 e. The van der Waals surface area contributed by atoms with Gasteiger partial charge in [-0.3, -0.25) is 9.52 Å². The number of amides is 1. The van der Waals surface area contributed by atoms with E-state index < -0.39 is 15.9 Å². The monoisotopic (exact) mass is 486 g/mol. The number of carbonyl (C=O) groups is 1. The van der Waals surface area contributed by atoms with E-state index in [0.29, 0.717) is 12.1 Å². The number of anilines is 1. The molecule has 1 atom stereocenters. The van der Waals surface area contributed by atoms with E-state index in [-0.39, 0.29) is 21.5 Å². The van der Waals surface area contributed by atoms with Gasteiger partial charge in [0.25, 0.3) is 15.9 Å². The summed E-state index contributed by atoms with van der Waals surface area (Å²) in [5.41, 5.74) is 3.52. The van der Waals surface area contributed by atoms with Gasteiger partial charge in [0.1, 0.15) is 10.6 Å². The number of methoxy groups -OCH3 is 1. The van der Waals surface area contributed by atoms with Crippen LogP contribution in [0.25, 0.3) is 0 Å². The van der Waals surface area contributed by atoms with Crippen LogP contribution in [0, 0.1) is 13.8 Å². The number of benzene rings is 3. The summed E-state index contributed by atoms with van der Waals surface area (Å²) in [5, 5.41) is 3.01. The molecule has 0 unspecified atom stereocenters. The summed E-state index contributed by atoms with van der Waals surface area (Å²) in [6.07, 6.45) is 0.658. The average molecular weight is 487 g/mol. The predicted molar refractivity (Wildman–Crippen MR) is 132 cm³/mol. The van der Waals surface area contributed by atoms with Gasteiger partial charge >= 0.3 is 0 Å². The fraction of sp³-hybridized carbons (Fsp3) is 0.240. The lowest BCUT2D eigenvalue weighted by Crippen LogP contribution is -2.28. The number of ether oxygens (including phenoxy) is 1. The van der Waals surface area contributed by atoms with Crippen LogP contribution in [0.4, 0.5) is 5.69 Å². The lowest BCUT2D eigenvalue weighted by molar-refractivity contribution is 0.0935. The molecule has 0 spiro atoms. The maximum atomic E-state index is 13.0. The number of halogens is 1. The third-order valence-electron chi connectivity index (χ3n) is 5.32. The minimum atomic E-state index is -3.99. The van der Waals surface area contributed by atoms with Gasteiger partial charge < -0.3 is 10.1 Å². The molecule has 6 nitrogen and oxygen atoms in total. The van der Waals surface area contributed by atoms with Crippen molar-refractivity contribution < 1.29 is 17.9 Å². The van der Waals surface area contributed by atoms with Crippen LogP contribution in [-0.2, 0) is 10.0 Å². The van der Waals surface area contributed by atoms with Crippen LogP contribution >= 0.6 is 11.6 Å². The van der Waals surface area contributed by atoms with E-state index in [2.05, 4.69) is 10.0 Å². The molecular formula is C25H27ClN2O4S. The third kappa shape index (κ3) is 5.86. The van der Waals surface area contributed by atoms with Crippen LogP contribution in [0.15, 0.2) is 65.6 Å². The predicted octanol–water partition coefficient (Wildman–Crippen LogP) is 5.65. The summed E-state index contributed by atoms with van der Waals surface area (Å²) in [7, 11) is -2.38. The molecule has 3 rings (SSSR count). The Bertz CT molecular complexity index is 1260. The van der Waals surface area contributed by atoms with E-state index >= 15 is 0 Å². The van der Waals surface area contributed by atoms with E-state index in [1.54, 1.807) is 31.4 Å². The van der Waals surface area contributed by atoms with Crippen LogP contribution in [-0.4, -0.2) is 21.4 Å². The lowest BCUT2D eigenvalue weighted by Gasteiger charge is -2.19. The van der Waals surface area contributed by atoms with E-state index in [0.717, 1.165) is 22.4 Å². The SMILES string of the molecule is CC[C@@H](NC(=O)c1ccc(Cl)c(S(=O)(=O)Nc2ccc(C)cc2)c1)c1ccc(OC)c(C)c1. The Kier molecular flexibility index (Phi) is 7.66. The molecular weight excluding hydrogens is 460 g/mol. The number of rotatable bonds is 8. The van der Waals surface area contributed by atoms with Gasteiger partial charge in [-0.1, -0.05) is 48.4 Å². The zero-order valence-electron chi connectivity index (χ0n) is 19.0. The van der Waals surface area contributed by atoms with Crippen molar-refractivity contribution in [3.8, 4) is 5.75 Å². The van der Waals surface area contributed by atoms with E-state index in [1.165, 1.54) is 18.2 Å². The summed E-state index contributed by atoms with van der Waals surface area (Å²) >= 11 is 6.19. The number of aryl methyl sites for hydroxylation is 2. The Morgan fingerprint density at radius 3 is 2.33 bits per heavy atom. The van der Waals surface area contributed by atoms with Crippen molar-refractivity contribution >= 4 is 33.2 Å². The molecule has 0 saturated heterocycles. The molecule has 0 radical (unpaired) electrons. The van der Waals surface area contributed by atoms with Gasteiger partial charge in [0.15, 0.2) is 0 Å². The van der Waals surface area contributed by atoms with Crippen molar-refractivity contribution in [2.24, 2.45) is 0 Å². The molecule has 1 amide bonds. The first-order chi connectivity index (χ1) is 15.6. The summed E-state index contributed by atoms with van der Waals surface area (Å²) in [4.78, 5) is 12.8. The quantitative estimate of drug-likeness (QED) is 0.431. The first kappa shape index (κ1) is 24.6. The van der Waals surface area contributed by atoms with Gasteiger partial charge in [0.2, 0.25) is 0 Å². The second kappa shape index (κ2) is 10.3. The maximum Gasteiger partial charge on any atom is 0.263 e.